The number of hydrogen-bond acceptors (Lipinski definition) is 5. The number of carbonyl (C=O) groups is 1. The number of fused-ring (bicyclic) bond motifs is 1. The summed E-state index contributed by atoms with van der Waals surface area (Å²) in [6.07, 6.45) is 1.26. The van der Waals surface area contributed by atoms with E-state index in [0.29, 0.717) is 23.6 Å². The van der Waals surface area contributed by atoms with Gasteiger partial charge in [0.15, 0.2) is 11.5 Å². The van der Waals surface area contributed by atoms with Crippen molar-refractivity contribution in [2.45, 2.75) is 38.3 Å². The van der Waals surface area contributed by atoms with Crippen molar-refractivity contribution in [3.8, 4) is 11.5 Å². The molecule has 0 spiro atoms. The van der Waals surface area contributed by atoms with Gasteiger partial charge in [0.1, 0.15) is 6.10 Å². The van der Waals surface area contributed by atoms with Gasteiger partial charge in [-0.25, -0.2) is 0 Å². The topological polar surface area (TPSA) is 93.8 Å². The number of unbranched alkanes of at least 4 members (excludes halogenated alkanes) is 1. The minimum atomic E-state index is -1.22. The van der Waals surface area contributed by atoms with E-state index < -0.39 is 18.1 Å². The van der Waals surface area contributed by atoms with Crippen molar-refractivity contribution >= 4 is 11.6 Å². The number of aliphatic hydroxyl groups is 1. The van der Waals surface area contributed by atoms with Gasteiger partial charge >= 0.3 is 0 Å². The number of carbonyl (C=O) groups excluding carboxylic acids is 1. The molecule has 0 bridgehead atoms. The predicted molar refractivity (Wildman–Crippen MR) is 74.7 cm³/mol. The van der Waals surface area contributed by atoms with Crippen LogP contribution in [0.25, 0.3) is 0 Å². The van der Waals surface area contributed by atoms with Crippen LogP contribution in [0.15, 0.2) is 18.2 Å². The summed E-state index contributed by atoms with van der Waals surface area (Å²) in [7, 11) is 0. The van der Waals surface area contributed by atoms with Crippen LogP contribution in [0.4, 0.5) is 5.69 Å². The molecule has 0 fully saturated rings. The normalized spacial score (nSPS) is 15.8. The zero-order valence-electron chi connectivity index (χ0n) is 11.5. The molecule has 1 heterocycles. The molecular weight excluding hydrogens is 260 g/mol. The Morgan fingerprint density at radius 2 is 2.20 bits per heavy atom. The van der Waals surface area contributed by atoms with Gasteiger partial charge < -0.3 is 25.6 Å². The molecule has 6 heteroatoms. The Labute approximate surface area is 117 Å². The minimum Gasteiger partial charge on any atom is -0.454 e. The number of amides is 1. The van der Waals surface area contributed by atoms with Crippen LogP contribution < -0.4 is 20.5 Å². The third-order valence-corrected chi connectivity index (χ3v) is 3.21. The summed E-state index contributed by atoms with van der Waals surface area (Å²) in [5.41, 5.74) is 6.34. The maximum Gasteiger partial charge on any atom is 0.254 e. The molecule has 110 valence electrons. The van der Waals surface area contributed by atoms with Crippen molar-refractivity contribution in [1.82, 2.24) is 0 Å². The third-order valence-electron chi connectivity index (χ3n) is 3.21. The van der Waals surface area contributed by atoms with E-state index in [-0.39, 0.29) is 6.79 Å². The first kappa shape index (κ1) is 14.6. The first-order chi connectivity index (χ1) is 9.61. The molecule has 0 aliphatic carbocycles. The van der Waals surface area contributed by atoms with Crippen molar-refractivity contribution < 1.29 is 19.4 Å². The van der Waals surface area contributed by atoms with E-state index in [1.54, 1.807) is 18.2 Å². The molecule has 6 nitrogen and oxygen atoms in total. The summed E-state index contributed by atoms with van der Waals surface area (Å²) in [5.74, 6) is 0.711. The Kier molecular flexibility index (Phi) is 4.81. The van der Waals surface area contributed by atoms with E-state index in [2.05, 4.69) is 5.32 Å². The molecule has 1 amide bonds. The molecule has 2 rings (SSSR count). The van der Waals surface area contributed by atoms with E-state index in [4.69, 9.17) is 15.2 Å². The highest BCUT2D eigenvalue weighted by Crippen LogP contribution is 2.34. The smallest absolute Gasteiger partial charge is 0.254 e. The number of ether oxygens (including phenoxy) is 2. The molecule has 2 atom stereocenters. The van der Waals surface area contributed by atoms with Crippen molar-refractivity contribution in [2.24, 2.45) is 5.73 Å². The van der Waals surface area contributed by atoms with Gasteiger partial charge in [0.25, 0.3) is 5.91 Å². The number of hydrogen-bond donors (Lipinski definition) is 3. The van der Waals surface area contributed by atoms with Crippen LogP contribution in [0.3, 0.4) is 0 Å². The van der Waals surface area contributed by atoms with Crippen molar-refractivity contribution in [2.75, 3.05) is 12.1 Å². The SMILES string of the molecule is CCCCC(N)C(O)C(=O)Nc1ccc2c(c1)OCO2. The maximum absolute atomic E-state index is 11.9. The highest BCUT2D eigenvalue weighted by Gasteiger charge is 2.23. The quantitative estimate of drug-likeness (QED) is 0.728. The van der Waals surface area contributed by atoms with Gasteiger partial charge in [-0.15, -0.1) is 0 Å². The summed E-state index contributed by atoms with van der Waals surface area (Å²) in [5, 5.41) is 12.5. The molecule has 4 N–H and O–H groups in total. The van der Waals surface area contributed by atoms with Crippen LogP contribution in [0.5, 0.6) is 11.5 Å². The lowest BCUT2D eigenvalue weighted by atomic mass is 10.0. The van der Waals surface area contributed by atoms with Gasteiger partial charge in [-0.05, 0) is 18.6 Å². The molecule has 0 radical (unpaired) electrons. The van der Waals surface area contributed by atoms with Crippen molar-refractivity contribution in [3.05, 3.63) is 18.2 Å². The molecule has 2 unspecified atom stereocenters. The number of aliphatic hydroxyl groups excluding tert-OH is 1. The second-order valence-electron chi connectivity index (χ2n) is 4.81. The second-order valence-corrected chi connectivity index (χ2v) is 4.81. The molecule has 0 aromatic heterocycles. The molecule has 1 aliphatic heterocycles. The Bertz CT molecular complexity index is 478. The van der Waals surface area contributed by atoms with Crippen LogP contribution in [0.2, 0.25) is 0 Å². The standard InChI is InChI=1S/C14H20N2O4/c1-2-3-4-10(15)13(17)14(18)16-9-5-6-11-12(7-9)20-8-19-11/h5-7,10,13,17H,2-4,8,15H2,1H3,(H,16,18). The van der Waals surface area contributed by atoms with Gasteiger partial charge in [-0.3, -0.25) is 4.79 Å². The largest absolute Gasteiger partial charge is 0.454 e. The zero-order valence-corrected chi connectivity index (χ0v) is 11.5. The third kappa shape index (κ3) is 3.40. The Morgan fingerprint density at radius 1 is 1.45 bits per heavy atom. The lowest BCUT2D eigenvalue weighted by Crippen LogP contribution is -2.43. The molecular formula is C14H20N2O4. The molecule has 1 aromatic carbocycles. The fourth-order valence-corrected chi connectivity index (χ4v) is 1.98. The number of anilines is 1. The number of nitrogens with two attached hydrogens (primary N) is 1. The Hall–Kier alpha value is -1.79. The number of nitrogens with one attached hydrogen (secondary N) is 1. The first-order valence-corrected chi connectivity index (χ1v) is 6.76. The lowest BCUT2D eigenvalue weighted by molar-refractivity contribution is -0.125. The van der Waals surface area contributed by atoms with Crippen LogP contribution in [0.1, 0.15) is 26.2 Å². The van der Waals surface area contributed by atoms with Gasteiger partial charge in [-0.1, -0.05) is 19.8 Å². The highest BCUT2D eigenvalue weighted by atomic mass is 16.7. The van der Waals surface area contributed by atoms with Crippen LogP contribution in [-0.2, 0) is 4.79 Å². The van der Waals surface area contributed by atoms with Gasteiger partial charge in [0.2, 0.25) is 6.79 Å². The fourth-order valence-electron chi connectivity index (χ4n) is 1.98. The predicted octanol–water partition coefficient (Wildman–Crippen LogP) is 1.23. The number of rotatable bonds is 6. The molecule has 1 aliphatic rings. The Balaban J connectivity index is 1.93. The maximum atomic E-state index is 11.9. The monoisotopic (exact) mass is 280 g/mol. The zero-order chi connectivity index (χ0) is 14.5. The van der Waals surface area contributed by atoms with Gasteiger partial charge in [0, 0.05) is 17.8 Å². The molecule has 20 heavy (non-hydrogen) atoms. The summed E-state index contributed by atoms with van der Waals surface area (Å²) >= 11 is 0. The van der Waals surface area contributed by atoms with Crippen LogP contribution in [-0.4, -0.2) is 30.0 Å². The average Bonchev–Trinajstić information content (AvgIpc) is 2.91. The average molecular weight is 280 g/mol. The van der Waals surface area contributed by atoms with E-state index >= 15 is 0 Å². The summed E-state index contributed by atoms with van der Waals surface area (Å²) in [6.45, 7) is 2.21. The van der Waals surface area contributed by atoms with Gasteiger partial charge in [0.05, 0.1) is 0 Å². The molecule has 0 saturated carbocycles. The second kappa shape index (κ2) is 6.58. The summed E-state index contributed by atoms with van der Waals surface area (Å²) < 4.78 is 10.4. The summed E-state index contributed by atoms with van der Waals surface area (Å²) in [4.78, 5) is 11.9. The van der Waals surface area contributed by atoms with E-state index in [1.165, 1.54) is 0 Å². The first-order valence-electron chi connectivity index (χ1n) is 6.76. The van der Waals surface area contributed by atoms with E-state index in [9.17, 15) is 9.90 Å². The molecule has 0 saturated heterocycles. The van der Waals surface area contributed by atoms with Gasteiger partial charge in [-0.2, -0.15) is 0 Å². The highest BCUT2D eigenvalue weighted by molar-refractivity contribution is 5.94. The fraction of sp³-hybridized carbons (Fsp3) is 0.500. The Morgan fingerprint density at radius 3 is 2.95 bits per heavy atom. The number of benzene rings is 1. The van der Waals surface area contributed by atoms with Crippen molar-refractivity contribution in [1.29, 1.82) is 0 Å². The van der Waals surface area contributed by atoms with E-state index in [1.807, 2.05) is 6.92 Å². The summed E-state index contributed by atoms with van der Waals surface area (Å²) in [6, 6.07) is 4.51. The van der Waals surface area contributed by atoms with Crippen LogP contribution >= 0.6 is 0 Å². The van der Waals surface area contributed by atoms with E-state index in [0.717, 1.165) is 12.8 Å². The van der Waals surface area contributed by atoms with Crippen LogP contribution in [0, 0.1) is 0 Å². The minimum absolute atomic E-state index is 0.178. The van der Waals surface area contributed by atoms with Crippen molar-refractivity contribution in [3.63, 3.8) is 0 Å². The lowest BCUT2D eigenvalue weighted by Gasteiger charge is -2.18. The molecule has 1 aromatic rings.